The summed E-state index contributed by atoms with van der Waals surface area (Å²) in [5, 5.41) is 9.41. The van der Waals surface area contributed by atoms with Gasteiger partial charge in [-0.1, -0.05) is 6.07 Å². The van der Waals surface area contributed by atoms with E-state index in [1.807, 2.05) is 0 Å². The van der Waals surface area contributed by atoms with Crippen LogP contribution in [0.3, 0.4) is 0 Å². The number of carboxylic acid groups (broad SMARTS) is 1. The quantitative estimate of drug-likeness (QED) is 0.171. The smallest absolute Gasteiger partial charge is 0.416 e. The number of carboxylic acids is 1. The molecule has 1 amide bonds. The van der Waals surface area contributed by atoms with E-state index in [0.29, 0.717) is 36.3 Å². The molecular formula is C36H31F7N4O6. The molecule has 0 radical (unpaired) electrons. The first-order valence-electron chi connectivity index (χ1n) is 16.0. The molecule has 0 saturated carbocycles. The lowest BCUT2D eigenvalue weighted by Crippen LogP contribution is -2.52. The molecular weight excluding hydrogens is 717 g/mol. The standard InChI is InChI=1S/C36H31F7N4O6/c1-17-7-19(32(48)49)5-6-24(17)25-11-26(30(52-4)12-28(25)37)27-13-44-33(46-14-23(15-46)51-3)45-29(27)16-47-18(2)31(53-34(47)50)20-8-21(35(38,39)40)10-22(9-20)36(41,42)43/h5-13,18,23,31H,14-16H2,1-4H3,(H,48,49)/t18-,31-/m0/s1. The van der Waals surface area contributed by atoms with E-state index in [9.17, 15) is 41.0 Å². The predicted octanol–water partition coefficient (Wildman–Crippen LogP) is 7.92. The van der Waals surface area contributed by atoms with Gasteiger partial charge in [-0.15, -0.1) is 0 Å². The molecule has 2 atom stereocenters. The first-order valence-corrected chi connectivity index (χ1v) is 16.0. The van der Waals surface area contributed by atoms with Crippen molar-refractivity contribution in [3.8, 4) is 28.0 Å². The van der Waals surface area contributed by atoms with E-state index in [4.69, 9.17) is 19.2 Å². The number of rotatable bonds is 9. The van der Waals surface area contributed by atoms with Crippen molar-refractivity contribution in [1.82, 2.24) is 14.9 Å². The third kappa shape index (κ3) is 7.29. The summed E-state index contributed by atoms with van der Waals surface area (Å²) in [7, 11) is 2.85. The lowest BCUT2D eigenvalue weighted by molar-refractivity contribution is -0.143. The van der Waals surface area contributed by atoms with Crippen molar-refractivity contribution in [1.29, 1.82) is 0 Å². The summed E-state index contributed by atoms with van der Waals surface area (Å²) in [6, 6.07) is 6.72. The van der Waals surface area contributed by atoms with Gasteiger partial charge in [0, 0.05) is 49.2 Å². The van der Waals surface area contributed by atoms with Gasteiger partial charge in [0.1, 0.15) is 17.7 Å². The van der Waals surface area contributed by atoms with Crippen molar-refractivity contribution in [2.45, 2.75) is 51.0 Å². The number of aryl methyl sites for hydroxylation is 1. The number of halogens is 7. The molecule has 2 aliphatic heterocycles. The summed E-state index contributed by atoms with van der Waals surface area (Å²) < 4.78 is 114. The highest BCUT2D eigenvalue weighted by molar-refractivity contribution is 5.89. The number of carbonyl (C=O) groups excluding carboxylic acids is 1. The number of amides is 1. The van der Waals surface area contributed by atoms with Crippen molar-refractivity contribution >= 4 is 18.0 Å². The fraction of sp³-hybridized carbons (Fsp3) is 0.333. The third-order valence-electron chi connectivity index (χ3n) is 9.31. The molecule has 1 aromatic heterocycles. The number of nitrogens with zero attached hydrogens (tertiary/aromatic N) is 4. The minimum Gasteiger partial charge on any atom is -0.496 e. The highest BCUT2D eigenvalue weighted by atomic mass is 19.4. The normalized spacial score (nSPS) is 17.9. The fourth-order valence-corrected chi connectivity index (χ4v) is 6.36. The average Bonchev–Trinajstić information content (AvgIpc) is 3.35. The van der Waals surface area contributed by atoms with Gasteiger partial charge in [-0.25, -0.2) is 23.9 Å². The second-order valence-corrected chi connectivity index (χ2v) is 12.7. The minimum absolute atomic E-state index is 0.00180. The van der Waals surface area contributed by atoms with E-state index >= 15 is 4.39 Å². The topological polar surface area (TPSA) is 114 Å². The summed E-state index contributed by atoms with van der Waals surface area (Å²) in [5.41, 5.74) is -1.99. The molecule has 0 aliphatic carbocycles. The van der Waals surface area contributed by atoms with Gasteiger partial charge in [-0.05, 0) is 66.9 Å². The molecule has 10 nitrogen and oxygen atoms in total. The van der Waals surface area contributed by atoms with Crippen LogP contribution in [-0.4, -0.2) is 71.5 Å². The number of aromatic nitrogens is 2. The van der Waals surface area contributed by atoms with Crippen LogP contribution in [0.4, 0.5) is 41.5 Å². The Morgan fingerprint density at radius 3 is 2.17 bits per heavy atom. The monoisotopic (exact) mass is 748 g/mol. The van der Waals surface area contributed by atoms with Gasteiger partial charge in [0.2, 0.25) is 5.95 Å². The maximum absolute atomic E-state index is 15.6. The van der Waals surface area contributed by atoms with Gasteiger partial charge >= 0.3 is 24.4 Å². The molecule has 3 heterocycles. The Kier molecular flexibility index (Phi) is 9.74. The molecule has 0 bridgehead atoms. The number of hydrogen-bond acceptors (Lipinski definition) is 8. The van der Waals surface area contributed by atoms with Gasteiger partial charge in [0.15, 0.2) is 0 Å². The van der Waals surface area contributed by atoms with Gasteiger partial charge in [0.25, 0.3) is 0 Å². The van der Waals surface area contributed by atoms with Crippen LogP contribution >= 0.6 is 0 Å². The second-order valence-electron chi connectivity index (χ2n) is 12.7. The molecule has 3 aromatic carbocycles. The van der Waals surface area contributed by atoms with Crippen LogP contribution in [0.15, 0.2) is 54.7 Å². The zero-order chi connectivity index (χ0) is 38.6. The molecule has 0 unspecified atom stereocenters. The highest BCUT2D eigenvalue weighted by Gasteiger charge is 2.44. The highest BCUT2D eigenvalue weighted by Crippen LogP contribution is 2.43. The summed E-state index contributed by atoms with van der Waals surface area (Å²) in [6.45, 7) is 3.56. The third-order valence-corrected chi connectivity index (χ3v) is 9.31. The molecule has 53 heavy (non-hydrogen) atoms. The van der Waals surface area contributed by atoms with Gasteiger partial charge in [-0.3, -0.25) is 4.90 Å². The Bertz CT molecular complexity index is 2050. The molecule has 0 spiro atoms. The lowest BCUT2D eigenvalue weighted by Gasteiger charge is -2.38. The van der Waals surface area contributed by atoms with Gasteiger partial charge < -0.3 is 24.2 Å². The summed E-state index contributed by atoms with van der Waals surface area (Å²) >= 11 is 0. The first kappa shape index (κ1) is 37.3. The van der Waals surface area contributed by atoms with E-state index in [1.165, 1.54) is 44.5 Å². The van der Waals surface area contributed by atoms with Crippen molar-refractivity contribution in [2.24, 2.45) is 0 Å². The molecule has 280 valence electrons. The number of anilines is 1. The van der Waals surface area contributed by atoms with E-state index in [0.717, 1.165) is 11.0 Å². The zero-order valence-corrected chi connectivity index (χ0v) is 28.5. The Balaban J connectivity index is 1.43. The summed E-state index contributed by atoms with van der Waals surface area (Å²) in [6.07, 6.45) is -11.4. The summed E-state index contributed by atoms with van der Waals surface area (Å²) in [4.78, 5) is 37.0. The SMILES string of the molecule is COc1cc(F)c(-c2ccc(C(=O)O)cc2C)cc1-c1cnc(N2CC(OC)C2)nc1CN1C(=O)O[C@H](c2cc(C(F)(F)F)cc(C(F)(F)F)c2)[C@@H]1C. The Hall–Kier alpha value is -5.45. The molecule has 17 heteroatoms. The van der Waals surface area contributed by atoms with Crippen molar-refractivity contribution < 1.29 is 59.6 Å². The maximum Gasteiger partial charge on any atom is 0.416 e. The van der Waals surface area contributed by atoms with Crippen molar-refractivity contribution in [3.63, 3.8) is 0 Å². The van der Waals surface area contributed by atoms with E-state index in [1.54, 1.807) is 18.9 Å². The van der Waals surface area contributed by atoms with Crippen LogP contribution in [0.5, 0.6) is 5.75 Å². The van der Waals surface area contributed by atoms with Crippen LogP contribution in [0, 0.1) is 12.7 Å². The Morgan fingerprint density at radius 2 is 1.60 bits per heavy atom. The number of cyclic esters (lactones) is 1. The number of ether oxygens (including phenoxy) is 3. The van der Waals surface area contributed by atoms with E-state index in [-0.39, 0.29) is 58.4 Å². The number of hydrogen-bond donors (Lipinski definition) is 1. The number of aromatic carboxylic acids is 1. The van der Waals surface area contributed by atoms with Crippen LogP contribution in [0.2, 0.25) is 0 Å². The summed E-state index contributed by atoms with van der Waals surface area (Å²) in [5.74, 6) is -1.57. The van der Waals surface area contributed by atoms with Crippen molar-refractivity contribution in [2.75, 3.05) is 32.2 Å². The Labute approximate surface area is 297 Å². The Morgan fingerprint density at radius 1 is 0.943 bits per heavy atom. The van der Waals surface area contributed by atoms with Crippen LogP contribution in [0.25, 0.3) is 22.3 Å². The maximum atomic E-state index is 15.6. The van der Waals surface area contributed by atoms with Crippen LogP contribution < -0.4 is 9.64 Å². The molecule has 1 N–H and O–H groups in total. The van der Waals surface area contributed by atoms with Crippen LogP contribution in [0.1, 0.15) is 51.3 Å². The lowest BCUT2D eigenvalue weighted by atomic mass is 9.93. The van der Waals surface area contributed by atoms with Gasteiger partial charge in [0.05, 0.1) is 48.2 Å². The van der Waals surface area contributed by atoms with E-state index in [2.05, 4.69) is 4.98 Å². The number of carbonyl (C=O) groups is 2. The molecule has 4 aromatic rings. The second kappa shape index (κ2) is 13.8. The fourth-order valence-electron chi connectivity index (χ4n) is 6.36. The largest absolute Gasteiger partial charge is 0.496 e. The number of methoxy groups -OCH3 is 2. The average molecular weight is 749 g/mol. The molecule has 2 aliphatic rings. The molecule has 2 fully saturated rings. The van der Waals surface area contributed by atoms with Crippen molar-refractivity contribution in [3.05, 3.63) is 94.1 Å². The first-order chi connectivity index (χ1) is 24.9. The number of alkyl halides is 6. The molecule has 2 saturated heterocycles. The van der Waals surface area contributed by atoms with Gasteiger partial charge in [-0.2, -0.15) is 26.3 Å². The zero-order valence-electron chi connectivity index (χ0n) is 28.5. The van der Waals surface area contributed by atoms with E-state index < -0.39 is 59.1 Å². The molecule has 6 rings (SSSR count). The van der Waals surface area contributed by atoms with Crippen LogP contribution in [-0.2, 0) is 28.4 Å². The predicted molar refractivity (Wildman–Crippen MR) is 175 cm³/mol. The number of benzene rings is 3. The minimum atomic E-state index is -5.11.